The largest absolute Gasteiger partial charge is 0.496 e. The Hall–Kier alpha value is -3.99. The normalized spacial score (nSPS) is 11.8. The molecule has 3 aromatic rings. The van der Waals surface area contributed by atoms with Crippen molar-refractivity contribution in [3.63, 3.8) is 0 Å². The Morgan fingerprint density at radius 1 is 0.969 bits per heavy atom. The van der Waals surface area contributed by atoms with Gasteiger partial charge in [0.15, 0.2) is 6.10 Å². The summed E-state index contributed by atoms with van der Waals surface area (Å²) in [5.41, 5.74) is 0.518. The van der Waals surface area contributed by atoms with Crippen LogP contribution in [0, 0.1) is 0 Å². The molecule has 1 aromatic heterocycles. The molecule has 0 spiro atoms. The highest BCUT2D eigenvalue weighted by atomic mass is 32.2. The Morgan fingerprint density at radius 2 is 1.62 bits per heavy atom. The Labute approximate surface area is 184 Å². The molecule has 0 aliphatic heterocycles. The van der Waals surface area contributed by atoms with Crippen LogP contribution in [0.2, 0.25) is 0 Å². The number of esters is 1. The van der Waals surface area contributed by atoms with Crippen molar-refractivity contribution in [3.8, 4) is 5.75 Å². The van der Waals surface area contributed by atoms with Crippen molar-refractivity contribution in [3.05, 3.63) is 72.6 Å². The fourth-order valence-corrected chi connectivity index (χ4v) is 3.54. The number of carbonyl (C=O) groups excluding carboxylic acids is 2. The molecule has 0 bridgehead atoms. The highest BCUT2D eigenvalue weighted by Crippen LogP contribution is 2.20. The third kappa shape index (κ3) is 5.58. The molecule has 0 fully saturated rings. The van der Waals surface area contributed by atoms with Crippen LogP contribution in [0.4, 0.5) is 11.6 Å². The van der Waals surface area contributed by atoms with Gasteiger partial charge in [0, 0.05) is 18.1 Å². The minimum atomic E-state index is -3.90. The summed E-state index contributed by atoms with van der Waals surface area (Å²) in [6.45, 7) is 1.42. The van der Waals surface area contributed by atoms with Crippen LogP contribution in [-0.2, 0) is 19.6 Å². The first-order valence-electron chi connectivity index (χ1n) is 9.35. The number of ether oxygens (including phenoxy) is 2. The highest BCUT2D eigenvalue weighted by molar-refractivity contribution is 7.92. The first-order valence-corrected chi connectivity index (χ1v) is 10.8. The molecule has 0 radical (unpaired) electrons. The number of hydrogen-bond donors (Lipinski definition) is 2. The van der Waals surface area contributed by atoms with Gasteiger partial charge in [-0.2, -0.15) is 0 Å². The molecule has 2 N–H and O–H groups in total. The summed E-state index contributed by atoms with van der Waals surface area (Å²) >= 11 is 0. The van der Waals surface area contributed by atoms with Gasteiger partial charge >= 0.3 is 5.97 Å². The number of nitrogens with zero attached hydrogens (tertiary/aromatic N) is 2. The smallest absolute Gasteiger partial charge is 0.342 e. The summed E-state index contributed by atoms with van der Waals surface area (Å²) < 4.78 is 37.4. The van der Waals surface area contributed by atoms with Gasteiger partial charge < -0.3 is 14.8 Å². The van der Waals surface area contributed by atoms with E-state index < -0.39 is 28.0 Å². The lowest BCUT2D eigenvalue weighted by Gasteiger charge is -2.15. The molecular weight excluding hydrogens is 436 g/mol. The maximum atomic E-state index is 12.4. The van der Waals surface area contributed by atoms with E-state index in [2.05, 4.69) is 20.0 Å². The summed E-state index contributed by atoms with van der Waals surface area (Å²) in [6, 6.07) is 13.5. The summed E-state index contributed by atoms with van der Waals surface area (Å²) in [6.07, 6.45) is 1.71. The number of benzene rings is 2. The van der Waals surface area contributed by atoms with Crippen molar-refractivity contribution < 1.29 is 27.5 Å². The van der Waals surface area contributed by atoms with Crippen LogP contribution >= 0.6 is 0 Å². The lowest BCUT2D eigenvalue weighted by molar-refractivity contribution is -0.123. The fourth-order valence-electron chi connectivity index (χ4n) is 2.58. The minimum Gasteiger partial charge on any atom is -0.496 e. The van der Waals surface area contributed by atoms with Crippen LogP contribution in [0.5, 0.6) is 5.75 Å². The topological polar surface area (TPSA) is 137 Å². The first kappa shape index (κ1) is 22.7. The first-order chi connectivity index (χ1) is 15.3. The zero-order chi connectivity index (χ0) is 23.1. The predicted octanol–water partition coefficient (Wildman–Crippen LogP) is 2.47. The Morgan fingerprint density at radius 3 is 2.28 bits per heavy atom. The Balaban J connectivity index is 1.62. The molecule has 1 atom stereocenters. The van der Waals surface area contributed by atoms with E-state index in [1.165, 1.54) is 56.8 Å². The van der Waals surface area contributed by atoms with Crippen molar-refractivity contribution in [2.75, 3.05) is 17.1 Å². The lowest BCUT2D eigenvalue weighted by Crippen LogP contribution is -2.30. The van der Waals surface area contributed by atoms with Crippen molar-refractivity contribution in [2.45, 2.75) is 17.9 Å². The van der Waals surface area contributed by atoms with Gasteiger partial charge in [-0.15, -0.1) is 0 Å². The SMILES string of the molecule is COc1ccccc1C(=O)OC(C)C(=O)Nc1ccc(S(=O)(=O)Nc2ncccn2)cc1. The summed E-state index contributed by atoms with van der Waals surface area (Å²) in [5.74, 6) is -1.02. The van der Waals surface area contributed by atoms with E-state index >= 15 is 0 Å². The van der Waals surface area contributed by atoms with Crippen LogP contribution in [0.1, 0.15) is 17.3 Å². The molecule has 10 nitrogen and oxygen atoms in total. The maximum Gasteiger partial charge on any atom is 0.342 e. The van der Waals surface area contributed by atoms with E-state index in [1.54, 1.807) is 24.3 Å². The molecule has 0 aliphatic rings. The summed E-state index contributed by atoms with van der Waals surface area (Å²) in [5, 5.41) is 2.57. The van der Waals surface area contributed by atoms with Crippen molar-refractivity contribution in [1.29, 1.82) is 0 Å². The maximum absolute atomic E-state index is 12.4. The van der Waals surface area contributed by atoms with Crippen molar-refractivity contribution in [1.82, 2.24) is 9.97 Å². The van der Waals surface area contributed by atoms with Gasteiger partial charge in [-0.25, -0.2) is 27.9 Å². The number of anilines is 2. The van der Waals surface area contributed by atoms with E-state index in [0.29, 0.717) is 11.4 Å². The molecular formula is C21H20N4O6S. The second-order valence-corrected chi connectivity index (χ2v) is 8.12. The number of para-hydroxylation sites is 1. The van der Waals surface area contributed by atoms with Crippen LogP contribution in [0.3, 0.4) is 0 Å². The van der Waals surface area contributed by atoms with Crippen LogP contribution in [-0.4, -0.2) is 43.5 Å². The number of nitrogens with one attached hydrogen (secondary N) is 2. The number of amides is 1. The molecule has 32 heavy (non-hydrogen) atoms. The van der Waals surface area contributed by atoms with Gasteiger partial charge in [0.25, 0.3) is 15.9 Å². The standard InChI is InChI=1S/C21H20N4O6S/c1-14(31-20(27)17-6-3-4-7-18(17)30-2)19(26)24-15-8-10-16(11-9-15)32(28,29)25-21-22-12-5-13-23-21/h3-14H,1-2H3,(H,24,26)(H,22,23,25). The van der Waals surface area contributed by atoms with Gasteiger partial charge in [-0.3, -0.25) is 4.79 Å². The second-order valence-electron chi connectivity index (χ2n) is 6.44. The van der Waals surface area contributed by atoms with E-state index in [0.717, 1.165) is 0 Å². The lowest BCUT2D eigenvalue weighted by atomic mass is 10.2. The van der Waals surface area contributed by atoms with Gasteiger partial charge in [0.05, 0.1) is 12.0 Å². The molecule has 0 saturated carbocycles. The molecule has 0 saturated heterocycles. The third-order valence-corrected chi connectivity index (χ3v) is 5.55. The van der Waals surface area contributed by atoms with Crippen LogP contribution in [0.15, 0.2) is 71.9 Å². The van der Waals surface area contributed by atoms with Gasteiger partial charge in [0.2, 0.25) is 5.95 Å². The number of hydrogen-bond acceptors (Lipinski definition) is 8. The zero-order valence-corrected chi connectivity index (χ0v) is 18.0. The van der Waals surface area contributed by atoms with Crippen LogP contribution < -0.4 is 14.8 Å². The number of sulfonamides is 1. The van der Waals surface area contributed by atoms with E-state index in [9.17, 15) is 18.0 Å². The predicted molar refractivity (Wildman–Crippen MR) is 116 cm³/mol. The number of aromatic nitrogens is 2. The molecule has 1 heterocycles. The van der Waals surface area contributed by atoms with Gasteiger partial charge in [-0.05, 0) is 49.4 Å². The molecule has 11 heteroatoms. The quantitative estimate of drug-likeness (QED) is 0.493. The second kappa shape index (κ2) is 9.88. The van der Waals surface area contributed by atoms with Crippen LogP contribution in [0.25, 0.3) is 0 Å². The number of rotatable bonds is 8. The molecule has 166 valence electrons. The van der Waals surface area contributed by atoms with Gasteiger partial charge in [0.1, 0.15) is 11.3 Å². The zero-order valence-electron chi connectivity index (χ0n) is 17.2. The number of methoxy groups -OCH3 is 1. The molecule has 1 unspecified atom stereocenters. The fraction of sp³-hybridized carbons (Fsp3) is 0.143. The highest BCUT2D eigenvalue weighted by Gasteiger charge is 2.22. The Bertz CT molecular complexity index is 1200. The van der Waals surface area contributed by atoms with E-state index in [1.807, 2.05) is 0 Å². The molecule has 2 aromatic carbocycles. The average Bonchev–Trinajstić information content (AvgIpc) is 2.79. The van der Waals surface area contributed by atoms with E-state index in [-0.39, 0.29) is 16.4 Å². The minimum absolute atomic E-state index is 0.0430. The van der Waals surface area contributed by atoms with Crippen molar-refractivity contribution >= 4 is 33.5 Å². The average molecular weight is 456 g/mol. The summed E-state index contributed by atoms with van der Waals surface area (Å²) in [7, 11) is -2.47. The Kier molecular flexibility index (Phi) is 7.00. The molecule has 1 amide bonds. The monoisotopic (exact) mass is 456 g/mol. The van der Waals surface area contributed by atoms with Crippen molar-refractivity contribution in [2.24, 2.45) is 0 Å². The summed E-state index contributed by atoms with van der Waals surface area (Å²) in [4.78, 5) is 32.3. The molecule has 3 rings (SSSR count). The molecule has 0 aliphatic carbocycles. The van der Waals surface area contributed by atoms with Gasteiger partial charge in [-0.1, -0.05) is 12.1 Å². The number of carbonyl (C=O) groups is 2. The van der Waals surface area contributed by atoms with E-state index in [4.69, 9.17) is 9.47 Å². The third-order valence-electron chi connectivity index (χ3n) is 4.20.